The van der Waals surface area contributed by atoms with Crippen LogP contribution in [-0.4, -0.2) is 40.7 Å². The van der Waals surface area contributed by atoms with E-state index in [1.807, 2.05) is 30.3 Å². The van der Waals surface area contributed by atoms with Crippen LogP contribution in [0.15, 0.2) is 30.3 Å². The quantitative estimate of drug-likeness (QED) is 0.447. The summed E-state index contributed by atoms with van der Waals surface area (Å²) in [5.41, 5.74) is 0.269. The minimum absolute atomic E-state index is 0.0202. The van der Waals surface area contributed by atoms with E-state index in [0.29, 0.717) is 49.1 Å². The summed E-state index contributed by atoms with van der Waals surface area (Å²) in [6.45, 7) is 7.61. The molecule has 5 aliphatic rings. The topological polar surface area (TPSA) is 71.5 Å². The Morgan fingerprint density at radius 3 is 2.54 bits per heavy atom. The molecule has 5 nitrogen and oxygen atoms in total. The first-order valence-electron chi connectivity index (χ1n) is 15.6. The summed E-state index contributed by atoms with van der Waals surface area (Å²) >= 11 is 0. The summed E-state index contributed by atoms with van der Waals surface area (Å²) in [6, 6.07) is 9.87. The maximum atomic E-state index is 14.1. The summed E-state index contributed by atoms with van der Waals surface area (Å²) in [5.74, 6) is 2.14. The number of ketones is 3. The van der Waals surface area contributed by atoms with Crippen LogP contribution < -0.4 is 0 Å². The molecule has 210 valence electrons. The largest absolute Gasteiger partial charge is 0.336 e. The molecule has 0 N–H and O–H groups in total. The lowest BCUT2D eigenvalue weighted by atomic mass is 9.44. The Morgan fingerprint density at radius 2 is 1.77 bits per heavy atom. The number of nitrogens with zero attached hydrogens (tertiary/aromatic N) is 1. The number of benzene rings is 1. The van der Waals surface area contributed by atoms with Crippen molar-refractivity contribution in [3.05, 3.63) is 35.9 Å². The maximum Gasteiger partial charge on any atom is 0.254 e. The molecule has 1 amide bonds. The van der Waals surface area contributed by atoms with Crippen molar-refractivity contribution in [3.8, 4) is 0 Å². The molecule has 9 atom stereocenters. The minimum atomic E-state index is -0.431. The number of likely N-dealkylation sites (tertiary alicyclic amines) is 1. The Morgan fingerprint density at radius 1 is 1.00 bits per heavy atom. The van der Waals surface area contributed by atoms with E-state index >= 15 is 0 Å². The molecule has 1 heterocycles. The van der Waals surface area contributed by atoms with Crippen molar-refractivity contribution >= 4 is 23.3 Å². The van der Waals surface area contributed by atoms with E-state index in [9.17, 15) is 19.2 Å². The van der Waals surface area contributed by atoms with Crippen LogP contribution in [0.5, 0.6) is 0 Å². The van der Waals surface area contributed by atoms with Crippen molar-refractivity contribution in [2.24, 2.45) is 46.3 Å². The van der Waals surface area contributed by atoms with E-state index in [0.717, 1.165) is 57.1 Å². The Balaban J connectivity index is 1.16. The Bertz CT molecular complexity index is 1160. The van der Waals surface area contributed by atoms with Gasteiger partial charge in [-0.1, -0.05) is 39.0 Å². The van der Waals surface area contributed by atoms with Crippen molar-refractivity contribution in [2.45, 2.75) is 97.4 Å². The number of amides is 1. The van der Waals surface area contributed by atoms with Crippen molar-refractivity contribution in [2.75, 3.05) is 6.54 Å². The van der Waals surface area contributed by atoms with Gasteiger partial charge < -0.3 is 4.90 Å². The van der Waals surface area contributed by atoms with Crippen LogP contribution >= 0.6 is 0 Å². The van der Waals surface area contributed by atoms with E-state index in [1.165, 1.54) is 0 Å². The molecule has 1 aromatic carbocycles. The number of carbonyl (C=O) groups is 4. The number of Topliss-reactive ketones (excluding diaryl/α,β-unsaturated/α-hetero) is 3. The smallest absolute Gasteiger partial charge is 0.254 e. The summed E-state index contributed by atoms with van der Waals surface area (Å²) in [6.07, 6.45) is 9.06. The van der Waals surface area contributed by atoms with Crippen LogP contribution in [0.3, 0.4) is 0 Å². The lowest BCUT2D eigenvalue weighted by Crippen LogP contribution is -2.60. The SMILES string of the molecule is C[C@H](CC[C@H]1CCCN1C(=O)c1ccccc1)[C@H]1CC[C@H]2[C@@H]3C(=O)C[C@@H]4CC(=O)CC[C@]4(C)[C@H]3CC(=O)[C@]12C. The molecule has 0 radical (unpaired) electrons. The van der Waals surface area contributed by atoms with Gasteiger partial charge >= 0.3 is 0 Å². The van der Waals surface area contributed by atoms with E-state index < -0.39 is 5.41 Å². The van der Waals surface area contributed by atoms with Gasteiger partial charge in [-0.15, -0.1) is 0 Å². The van der Waals surface area contributed by atoms with Gasteiger partial charge in [-0.3, -0.25) is 19.2 Å². The van der Waals surface area contributed by atoms with Crippen LogP contribution in [0, 0.1) is 46.3 Å². The molecule has 1 aliphatic heterocycles. The lowest BCUT2D eigenvalue weighted by molar-refractivity contribution is -0.166. The van der Waals surface area contributed by atoms with Gasteiger partial charge in [0.2, 0.25) is 0 Å². The molecule has 5 heteroatoms. The van der Waals surface area contributed by atoms with Crippen LogP contribution in [-0.2, 0) is 14.4 Å². The predicted octanol–water partition coefficient (Wildman–Crippen LogP) is 6.29. The predicted molar refractivity (Wildman–Crippen MR) is 150 cm³/mol. The van der Waals surface area contributed by atoms with Crippen molar-refractivity contribution in [1.82, 2.24) is 4.90 Å². The van der Waals surface area contributed by atoms with E-state index in [1.54, 1.807) is 0 Å². The second-order valence-electron chi connectivity index (χ2n) is 14.2. The van der Waals surface area contributed by atoms with Gasteiger partial charge in [0, 0.05) is 55.2 Å². The fourth-order valence-corrected chi connectivity index (χ4v) is 10.2. The maximum absolute atomic E-state index is 14.1. The van der Waals surface area contributed by atoms with E-state index in [2.05, 4.69) is 25.7 Å². The van der Waals surface area contributed by atoms with Crippen LogP contribution in [0.25, 0.3) is 0 Å². The van der Waals surface area contributed by atoms with Gasteiger partial charge in [0.25, 0.3) is 5.91 Å². The normalized spacial score (nSPS) is 40.7. The van der Waals surface area contributed by atoms with E-state index in [-0.39, 0.29) is 46.8 Å². The summed E-state index contributed by atoms with van der Waals surface area (Å²) in [4.78, 5) is 55.2. The lowest BCUT2D eigenvalue weighted by Gasteiger charge is -2.58. The molecule has 0 spiro atoms. The molecule has 5 fully saturated rings. The molecular weight excluding hydrogens is 486 g/mol. The van der Waals surface area contributed by atoms with Gasteiger partial charge in [-0.2, -0.15) is 0 Å². The zero-order chi connectivity index (χ0) is 27.5. The third kappa shape index (κ3) is 4.25. The third-order valence-corrected chi connectivity index (χ3v) is 12.5. The minimum Gasteiger partial charge on any atom is -0.336 e. The first kappa shape index (κ1) is 26.9. The molecule has 1 aromatic rings. The molecule has 4 aliphatic carbocycles. The first-order chi connectivity index (χ1) is 18.6. The fraction of sp³-hybridized carbons (Fsp3) is 0.706. The average Bonchev–Trinajstić information content (AvgIpc) is 3.54. The summed E-state index contributed by atoms with van der Waals surface area (Å²) < 4.78 is 0. The van der Waals surface area contributed by atoms with Crippen LogP contribution in [0.1, 0.15) is 102 Å². The van der Waals surface area contributed by atoms with Crippen molar-refractivity contribution < 1.29 is 19.2 Å². The summed E-state index contributed by atoms with van der Waals surface area (Å²) in [5, 5.41) is 0. The zero-order valence-electron chi connectivity index (χ0n) is 24.0. The van der Waals surface area contributed by atoms with Crippen molar-refractivity contribution in [1.29, 1.82) is 0 Å². The van der Waals surface area contributed by atoms with E-state index in [4.69, 9.17) is 0 Å². The summed E-state index contributed by atoms with van der Waals surface area (Å²) in [7, 11) is 0. The Hall–Kier alpha value is -2.30. The standard InChI is InChI=1S/C34H45NO4/c1-21(11-12-24-10-7-17-35(24)32(39)22-8-5-4-6-9-22)26-13-14-27-31-28(20-30(38)34(26,27)3)33(2)16-15-25(36)18-23(33)19-29(31)37/h4-6,8-9,21,23-24,26-28,31H,7,10-20H2,1-3H3/t21-,23+,24-,26-,27+,28+,31+,33+,34-/m1/s1. The highest BCUT2D eigenvalue weighted by Gasteiger charge is 2.66. The van der Waals surface area contributed by atoms with Gasteiger partial charge in [0.15, 0.2) is 0 Å². The van der Waals surface area contributed by atoms with Crippen LogP contribution in [0.4, 0.5) is 0 Å². The number of hydrogen-bond acceptors (Lipinski definition) is 4. The second kappa shape index (κ2) is 9.96. The fourth-order valence-electron chi connectivity index (χ4n) is 10.2. The van der Waals surface area contributed by atoms with Gasteiger partial charge in [-0.25, -0.2) is 0 Å². The second-order valence-corrected chi connectivity index (χ2v) is 14.2. The molecule has 6 rings (SSSR count). The highest BCUT2D eigenvalue weighted by atomic mass is 16.2. The van der Waals surface area contributed by atoms with Crippen LogP contribution in [0.2, 0.25) is 0 Å². The number of fused-ring (bicyclic) bond motifs is 5. The molecular formula is C34H45NO4. The third-order valence-electron chi connectivity index (χ3n) is 12.5. The highest BCUT2D eigenvalue weighted by Crippen LogP contribution is 2.66. The van der Waals surface area contributed by atoms with Gasteiger partial charge in [0.1, 0.15) is 17.3 Å². The Labute approximate surface area is 233 Å². The number of rotatable bonds is 5. The van der Waals surface area contributed by atoms with Gasteiger partial charge in [0.05, 0.1) is 0 Å². The first-order valence-corrected chi connectivity index (χ1v) is 15.6. The molecule has 0 aromatic heterocycles. The molecule has 0 unspecified atom stereocenters. The molecule has 0 bridgehead atoms. The monoisotopic (exact) mass is 531 g/mol. The molecule has 39 heavy (non-hydrogen) atoms. The van der Waals surface area contributed by atoms with Gasteiger partial charge in [-0.05, 0) is 92.1 Å². The Kier molecular flexibility index (Phi) is 6.87. The number of carbonyl (C=O) groups excluding carboxylic acids is 4. The number of hydrogen-bond donors (Lipinski definition) is 0. The molecule has 1 saturated heterocycles. The zero-order valence-corrected chi connectivity index (χ0v) is 24.0. The highest BCUT2D eigenvalue weighted by molar-refractivity contribution is 5.94. The average molecular weight is 532 g/mol. The van der Waals surface area contributed by atoms with Crippen molar-refractivity contribution in [3.63, 3.8) is 0 Å². The molecule has 4 saturated carbocycles.